The van der Waals surface area contributed by atoms with Gasteiger partial charge in [0.25, 0.3) is 0 Å². The first-order valence-electron chi connectivity index (χ1n) is 6.05. The van der Waals surface area contributed by atoms with Crippen LogP contribution in [-0.4, -0.2) is 17.8 Å². The molecule has 95 valence electrons. The lowest BCUT2D eigenvalue weighted by Crippen LogP contribution is -2.03. The molecule has 0 bridgehead atoms. The summed E-state index contributed by atoms with van der Waals surface area (Å²) in [6, 6.07) is 12.5. The van der Waals surface area contributed by atoms with E-state index in [9.17, 15) is 0 Å². The van der Waals surface area contributed by atoms with Crippen LogP contribution in [0.15, 0.2) is 47.9 Å². The second kappa shape index (κ2) is 5.10. The normalized spacial score (nSPS) is 17.7. The quantitative estimate of drug-likeness (QED) is 0.844. The van der Waals surface area contributed by atoms with Gasteiger partial charge in [0, 0.05) is 29.9 Å². The van der Waals surface area contributed by atoms with Gasteiger partial charge in [-0.3, -0.25) is 4.98 Å². The predicted octanol–water partition coefficient (Wildman–Crippen LogP) is 2.76. The van der Waals surface area contributed by atoms with Crippen molar-refractivity contribution in [1.82, 2.24) is 4.98 Å². The number of methoxy groups -OCH3 is 1. The van der Waals surface area contributed by atoms with E-state index in [-0.39, 0.29) is 6.10 Å². The number of hydrogen-bond donors (Lipinski definition) is 0. The Morgan fingerprint density at radius 1 is 1.32 bits per heavy atom. The molecule has 4 nitrogen and oxygen atoms in total. The lowest BCUT2D eigenvalue weighted by Gasteiger charge is -2.12. The van der Waals surface area contributed by atoms with Gasteiger partial charge < -0.3 is 9.57 Å². The van der Waals surface area contributed by atoms with Crippen molar-refractivity contribution in [1.29, 1.82) is 0 Å². The fourth-order valence-electron chi connectivity index (χ4n) is 2.13. The maximum absolute atomic E-state index is 5.52. The second-order valence-electron chi connectivity index (χ2n) is 4.24. The Morgan fingerprint density at radius 3 is 2.95 bits per heavy atom. The number of benzene rings is 1. The summed E-state index contributed by atoms with van der Waals surface area (Å²) in [5.41, 5.74) is 2.97. The first-order valence-corrected chi connectivity index (χ1v) is 6.05. The molecule has 1 aliphatic rings. The zero-order valence-electron chi connectivity index (χ0n) is 10.5. The standard InChI is InChI=1S/C15H13N2O2/c1-18-14-5-3-2-4-12(14)15-10-13(17-19-15)11-6-8-16-9-7-11/h2,4-9,15H,10H2,1H3. The van der Waals surface area contributed by atoms with Gasteiger partial charge in [-0.2, -0.15) is 0 Å². The van der Waals surface area contributed by atoms with Crippen molar-refractivity contribution in [3.63, 3.8) is 0 Å². The van der Waals surface area contributed by atoms with Crippen molar-refractivity contribution in [2.24, 2.45) is 5.16 Å². The molecule has 1 aromatic heterocycles. The van der Waals surface area contributed by atoms with Crippen LogP contribution in [-0.2, 0) is 4.84 Å². The number of pyridine rings is 1. The molecule has 0 saturated heterocycles. The van der Waals surface area contributed by atoms with Gasteiger partial charge in [-0.1, -0.05) is 17.3 Å². The van der Waals surface area contributed by atoms with E-state index in [1.54, 1.807) is 19.5 Å². The lowest BCUT2D eigenvalue weighted by atomic mass is 10.0. The predicted molar refractivity (Wildman–Crippen MR) is 71.0 cm³/mol. The molecule has 1 aromatic carbocycles. The topological polar surface area (TPSA) is 43.7 Å². The average Bonchev–Trinajstić information content (AvgIpc) is 2.98. The Hall–Kier alpha value is -2.36. The molecule has 2 heterocycles. The summed E-state index contributed by atoms with van der Waals surface area (Å²) in [6.07, 6.45) is 4.13. The third kappa shape index (κ3) is 2.29. The van der Waals surface area contributed by atoms with Crippen LogP contribution in [0.5, 0.6) is 5.75 Å². The molecule has 0 spiro atoms. The summed E-state index contributed by atoms with van der Waals surface area (Å²) in [6.45, 7) is 0. The molecule has 0 N–H and O–H groups in total. The van der Waals surface area contributed by atoms with Gasteiger partial charge in [0.15, 0.2) is 6.10 Å². The van der Waals surface area contributed by atoms with Gasteiger partial charge in [-0.15, -0.1) is 0 Å². The SMILES string of the molecule is COc1c[c]ccc1C1CC(c2ccncc2)=NO1. The molecular weight excluding hydrogens is 240 g/mol. The lowest BCUT2D eigenvalue weighted by molar-refractivity contribution is 0.0837. The third-order valence-electron chi connectivity index (χ3n) is 3.11. The van der Waals surface area contributed by atoms with Crippen LogP contribution in [0.25, 0.3) is 0 Å². The first kappa shape index (κ1) is 11.7. The molecule has 3 rings (SSSR count). The van der Waals surface area contributed by atoms with E-state index in [2.05, 4.69) is 16.2 Å². The zero-order valence-corrected chi connectivity index (χ0v) is 10.5. The molecule has 0 saturated carbocycles. The van der Waals surface area contributed by atoms with Gasteiger partial charge in [-0.25, -0.2) is 0 Å². The van der Waals surface area contributed by atoms with E-state index in [0.717, 1.165) is 29.0 Å². The number of ether oxygens (including phenoxy) is 1. The molecule has 4 heteroatoms. The maximum Gasteiger partial charge on any atom is 0.161 e. The average molecular weight is 253 g/mol. The molecule has 1 aliphatic heterocycles. The third-order valence-corrected chi connectivity index (χ3v) is 3.11. The molecular formula is C15H13N2O2. The Labute approximate surface area is 111 Å². The minimum atomic E-state index is -0.104. The van der Waals surface area contributed by atoms with Crippen molar-refractivity contribution >= 4 is 5.71 Å². The molecule has 1 atom stereocenters. The highest BCUT2D eigenvalue weighted by atomic mass is 16.6. The van der Waals surface area contributed by atoms with Gasteiger partial charge in [0.05, 0.1) is 12.8 Å². The Kier molecular flexibility index (Phi) is 3.14. The summed E-state index contributed by atoms with van der Waals surface area (Å²) in [7, 11) is 1.65. The van der Waals surface area contributed by atoms with E-state index in [1.165, 1.54) is 0 Å². The van der Waals surface area contributed by atoms with E-state index in [4.69, 9.17) is 9.57 Å². The molecule has 2 aromatic rings. The van der Waals surface area contributed by atoms with Crippen molar-refractivity contribution < 1.29 is 9.57 Å². The van der Waals surface area contributed by atoms with Crippen molar-refractivity contribution in [2.45, 2.75) is 12.5 Å². The first-order chi connectivity index (χ1) is 9.38. The van der Waals surface area contributed by atoms with E-state index in [0.29, 0.717) is 0 Å². The molecule has 1 radical (unpaired) electrons. The summed E-state index contributed by atoms with van der Waals surface area (Å²) in [5, 5.41) is 4.16. The largest absolute Gasteiger partial charge is 0.496 e. The van der Waals surface area contributed by atoms with Crippen LogP contribution in [0.3, 0.4) is 0 Å². The highest BCUT2D eigenvalue weighted by molar-refractivity contribution is 6.01. The summed E-state index contributed by atoms with van der Waals surface area (Å²) in [4.78, 5) is 9.52. The molecule has 1 unspecified atom stereocenters. The van der Waals surface area contributed by atoms with Gasteiger partial charge in [-0.05, 0) is 24.3 Å². The van der Waals surface area contributed by atoms with E-state index in [1.807, 2.05) is 30.3 Å². The molecule has 0 aliphatic carbocycles. The number of nitrogens with zero attached hydrogens (tertiary/aromatic N) is 2. The minimum absolute atomic E-state index is 0.104. The number of rotatable bonds is 3. The Balaban J connectivity index is 1.81. The molecule has 0 amide bonds. The van der Waals surface area contributed by atoms with Gasteiger partial charge >= 0.3 is 0 Å². The summed E-state index contributed by atoms with van der Waals surface area (Å²) >= 11 is 0. The summed E-state index contributed by atoms with van der Waals surface area (Å²) in [5.74, 6) is 0.777. The van der Waals surface area contributed by atoms with Crippen LogP contribution in [0.2, 0.25) is 0 Å². The number of aromatic nitrogens is 1. The maximum atomic E-state index is 5.52. The summed E-state index contributed by atoms with van der Waals surface area (Å²) < 4.78 is 5.33. The number of oxime groups is 1. The fourth-order valence-corrected chi connectivity index (χ4v) is 2.13. The van der Waals surface area contributed by atoms with Gasteiger partial charge in [0.2, 0.25) is 0 Å². The van der Waals surface area contributed by atoms with Crippen LogP contribution in [0.1, 0.15) is 23.7 Å². The molecule has 0 fully saturated rings. The monoisotopic (exact) mass is 253 g/mol. The Morgan fingerprint density at radius 2 is 2.16 bits per heavy atom. The van der Waals surface area contributed by atoms with Crippen LogP contribution >= 0.6 is 0 Å². The van der Waals surface area contributed by atoms with Crippen LogP contribution in [0.4, 0.5) is 0 Å². The highest BCUT2D eigenvalue weighted by Gasteiger charge is 2.26. The van der Waals surface area contributed by atoms with Crippen molar-refractivity contribution in [3.8, 4) is 5.75 Å². The van der Waals surface area contributed by atoms with E-state index >= 15 is 0 Å². The van der Waals surface area contributed by atoms with Gasteiger partial charge in [0.1, 0.15) is 5.75 Å². The number of hydrogen-bond acceptors (Lipinski definition) is 4. The van der Waals surface area contributed by atoms with Crippen molar-refractivity contribution in [2.75, 3.05) is 7.11 Å². The fraction of sp³-hybridized carbons (Fsp3) is 0.200. The highest BCUT2D eigenvalue weighted by Crippen LogP contribution is 2.34. The van der Waals surface area contributed by atoms with Crippen LogP contribution in [0, 0.1) is 6.07 Å². The van der Waals surface area contributed by atoms with Crippen molar-refractivity contribution in [3.05, 3.63) is 59.9 Å². The zero-order chi connectivity index (χ0) is 13.1. The second-order valence-corrected chi connectivity index (χ2v) is 4.24. The minimum Gasteiger partial charge on any atom is -0.496 e. The Bertz CT molecular complexity index is 596. The van der Waals surface area contributed by atoms with Crippen LogP contribution < -0.4 is 4.74 Å². The van der Waals surface area contributed by atoms with E-state index < -0.39 is 0 Å². The smallest absolute Gasteiger partial charge is 0.161 e. The molecule has 19 heavy (non-hydrogen) atoms.